The van der Waals surface area contributed by atoms with Crippen LogP contribution in [0.1, 0.15) is 54.1 Å². The molecule has 2 aliphatic carbocycles. The molecular weight excluding hydrogens is 724 g/mol. The number of hydrogen-bond donors (Lipinski definition) is 1. The normalized spacial score (nSPS) is 26.3. The molecule has 6 atom stereocenters. The lowest BCUT2D eigenvalue weighted by Crippen LogP contribution is -2.49. The molecule has 10 nitrogen and oxygen atoms in total. The van der Waals surface area contributed by atoms with E-state index < -0.39 is 46.8 Å². The number of ketones is 1. The summed E-state index contributed by atoms with van der Waals surface area (Å²) in [4.78, 5) is 73.5. The molecule has 2 aromatic heterocycles. The maximum Gasteiger partial charge on any atom is 0.242 e. The number of thiophene rings is 1. The Kier molecular flexibility index (Phi) is 7.68. The Morgan fingerprint density at radius 1 is 0.944 bits per heavy atom. The minimum Gasteiger partial charge on any atom is -0.508 e. The molecule has 0 radical (unpaired) electrons. The van der Waals surface area contributed by atoms with Crippen molar-refractivity contribution in [2.45, 2.75) is 39.5 Å². The third-order valence-corrected chi connectivity index (χ3v) is 13.8. The number of anilines is 2. The third-order valence-electron chi connectivity index (χ3n) is 12.3. The highest BCUT2D eigenvalue weighted by molar-refractivity contribution is 7.22. The standard InChI is InChI=1S/C42H35ClN4O6S/c1-20-28-17-23(43)11-16-33(28)54-37(20)31-19-34(45(4)44-31)47-39(51)30-18-29-25(36(42(30,3)41(47)53)26-7-5-6-8-32(26)49)14-15-27-35(29)40(52)46(38(27)50)24-12-9-22(10-13-24)21(2)48/h5-14,16-17,19,27,29-30,35-36,49H,15,18H2,1-4H3. The summed E-state index contributed by atoms with van der Waals surface area (Å²) in [7, 11) is 1.71. The van der Waals surface area contributed by atoms with E-state index in [-0.39, 0.29) is 36.2 Å². The number of aromatic nitrogens is 2. The molecule has 2 aliphatic heterocycles. The number of fused-ring (bicyclic) bond motifs is 5. The number of aryl methyl sites for hydroxylation is 2. The van der Waals surface area contributed by atoms with Crippen LogP contribution >= 0.6 is 22.9 Å². The number of rotatable bonds is 5. The highest BCUT2D eigenvalue weighted by Crippen LogP contribution is 2.64. The molecule has 4 amide bonds. The second kappa shape index (κ2) is 12.1. The van der Waals surface area contributed by atoms with Gasteiger partial charge in [0, 0.05) is 39.9 Å². The van der Waals surface area contributed by atoms with Crippen molar-refractivity contribution in [3.63, 3.8) is 0 Å². The Balaban J connectivity index is 1.13. The van der Waals surface area contributed by atoms with Crippen molar-refractivity contribution in [3.05, 3.63) is 106 Å². The van der Waals surface area contributed by atoms with E-state index in [1.54, 1.807) is 84.6 Å². The fraction of sp³-hybridized carbons (Fsp3) is 0.286. The second-order valence-corrected chi connectivity index (χ2v) is 16.5. The fourth-order valence-corrected chi connectivity index (χ4v) is 10.9. The first-order chi connectivity index (χ1) is 25.8. The van der Waals surface area contributed by atoms with Crippen LogP contribution in [0.2, 0.25) is 5.02 Å². The van der Waals surface area contributed by atoms with Crippen LogP contribution < -0.4 is 9.80 Å². The van der Waals surface area contributed by atoms with E-state index >= 15 is 4.79 Å². The first kappa shape index (κ1) is 34.4. The van der Waals surface area contributed by atoms with Crippen LogP contribution in [-0.4, -0.2) is 44.3 Å². The molecule has 272 valence electrons. The average molecular weight is 759 g/mol. The highest BCUT2D eigenvalue weighted by atomic mass is 35.5. The molecule has 4 heterocycles. The summed E-state index contributed by atoms with van der Waals surface area (Å²) in [5.74, 6) is -4.95. The van der Waals surface area contributed by atoms with Crippen molar-refractivity contribution in [3.8, 4) is 16.3 Å². The first-order valence-electron chi connectivity index (χ1n) is 17.9. The summed E-state index contributed by atoms with van der Waals surface area (Å²) in [6.45, 7) is 5.24. The van der Waals surface area contributed by atoms with Gasteiger partial charge in [-0.2, -0.15) is 5.10 Å². The largest absolute Gasteiger partial charge is 0.508 e. The van der Waals surface area contributed by atoms with Gasteiger partial charge in [-0.25, -0.2) is 4.90 Å². The number of aromatic hydroxyl groups is 1. The van der Waals surface area contributed by atoms with Crippen LogP contribution in [0.5, 0.6) is 5.75 Å². The molecule has 6 unspecified atom stereocenters. The molecule has 1 saturated carbocycles. The minimum absolute atomic E-state index is 0.0194. The van der Waals surface area contributed by atoms with Crippen molar-refractivity contribution < 1.29 is 29.1 Å². The number of Topliss-reactive ketones (excluding diaryl/α,β-unsaturated/α-hetero) is 1. The van der Waals surface area contributed by atoms with Gasteiger partial charge in [0.1, 0.15) is 17.3 Å². The quantitative estimate of drug-likeness (QED) is 0.111. The van der Waals surface area contributed by atoms with Crippen molar-refractivity contribution in [2.24, 2.45) is 36.1 Å². The molecule has 0 spiro atoms. The van der Waals surface area contributed by atoms with E-state index in [1.807, 2.05) is 31.2 Å². The summed E-state index contributed by atoms with van der Waals surface area (Å²) in [6, 6.07) is 20.7. The Hall–Kier alpha value is -5.39. The smallest absolute Gasteiger partial charge is 0.242 e. The van der Waals surface area contributed by atoms with Crippen molar-refractivity contribution in [2.75, 3.05) is 9.80 Å². The van der Waals surface area contributed by atoms with Gasteiger partial charge in [0.25, 0.3) is 0 Å². The molecule has 3 aromatic carbocycles. The Morgan fingerprint density at radius 2 is 1.69 bits per heavy atom. The zero-order valence-corrected chi connectivity index (χ0v) is 31.4. The van der Waals surface area contributed by atoms with E-state index in [0.29, 0.717) is 33.3 Å². The molecule has 9 rings (SSSR count). The summed E-state index contributed by atoms with van der Waals surface area (Å²) >= 11 is 7.86. The number of phenolic OH excluding ortho intramolecular Hbond substituents is 1. The molecule has 3 fully saturated rings. The number of phenols is 1. The lowest BCUT2D eigenvalue weighted by molar-refractivity contribution is -0.131. The van der Waals surface area contributed by atoms with Crippen molar-refractivity contribution in [1.29, 1.82) is 0 Å². The van der Waals surface area contributed by atoms with Crippen LogP contribution in [0, 0.1) is 36.0 Å². The monoisotopic (exact) mass is 758 g/mol. The number of carbonyl (C=O) groups is 5. The highest BCUT2D eigenvalue weighted by Gasteiger charge is 2.68. The molecule has 12 heteroatoms. The van der Waals surface area contributed by atoms with Crippen LogP contribution in [0.4, 0.5) is 11.5 Å². The second-order valence-electron chi connectivity index (χ2n) is 15.0. The summed E-state index contributed by atoms with van der Waals surface area (Å²) in [6.07, 6.45) is 2.40. The lowest BCUT2D eigenvalue weighted by atomic mass is 9.51. The third kappa shape index (κ3) is 4.70. The average Bonchev–Trinajstić information content (AvgIpc) is 3.82. The molecule has 4 aliphatic rings. The molecule has 2 saturated heterocycles. The minimum atomic E-state index is -1.33. The molecule has 0 bridgehead atoms. The number of hydrogen-bond acceptors (Lipinski definition) is 8. The maximum absolute atomic E-state index is 15.0. The topological polar surface area (TPSA) is 130 Å². The lowest BCUT2D eigenvalue weighted by Gasteiger charge is -2.49. The molecule has 1 N–H and O–H groups in total. The zero-order valence-electron chi connectivity index (χ0n) is 29.9. The van der Waals surface area contributed by atoms with Gasteiger partial charge in [0.05, 0.1) is 33.7 Å². The zero-order chi connectivity index (χ0) is 38.0. The van der Waals surface area contributed by atoms with Crippen LogP contribution in [-0.2, 0) is 26.2 Å². The SMILES string of the molecule is CC(=O)c1ccc(N2C(=O)C3CC=C4C(CC5C(=O)N(c6cc(-c7sc8ccc(Cl)cc8c7C)nn6C)C(=O)C5(C)C4c4ccccc4O)C3C2=O)cc1. The van der Waals surface area contributed by atoms with Gasteiger partial charge in [-0.3, -0.25) is 33.6 Å². The van der Waals surface area contributed by atoms with E-state index in [0.717, 1.165) is 26.1 Å². The van der Waals surface area contributed by atoms with Gasteiger partial charge >= 0.3 is 0 Å². The summed E-state index contributed by atoms with van der Waals surface area (Å²) in [5.41, 5.74) is 2.40. The number of imide groups is 2. The number of carbonyl (C=O) groups excluding carboxylic acids is 5. The fourth-order valence-electron chi connectivity index (χ4n) is 9.62. The Bertz CT molecular complexity index is 2540. The number of amides is 4. The van der Waals surface area contributed by atoms with E-state index in [9.17, 15) is 24.3 Å². The predicted molar refractivity (Wildman–Crippen MR) is 205 cm³/mol. The number of para-hydroxylation sites is 1. The number of nitrogens with zero attached hydrogens (tertiary/aromatic N) is 4. The van der Waals surface area contributed by atoms with Gasteiger partial charge in [0.2, 0.25) is 23.6 Å². The van der Waals surface area contributed by atoms with Crippen molar-refractivity contribution >= 4 is 73.9 Å². The van der Waals surface area contributed by atoms with Crippen molar-refractivity contribution in [1.82, 2.24) is 9.78 Å². The van der Waals surface area contributed by atoms with Gasteiger partial charge in [-0.15, -0.1) is 11.3 Å². The summed E-state index contributed by atoms with van der Waals surface area (Å²) in [5, 5.41) is 17.7. The maximum atomic E-state index is 15.0. The van der Waals surface area contributed by atoms with E-state index in [4.69, 9.17) is 16.7 Å². The Morgan fingerprint density at radius 3 is 2.41 bits per heavy atom. The number of allylic oxidation sites excluding steroid dienone is 2. The first-order valence-corrected chi connectivity index (χ1v) is 19.1. The van der Waals surface area contributed by atoms with Gasteiger partial charge < -0.3 is 5.11 Å². The van der Waals surface area contributed by atoms with Crippen LogP contribution in [0.3, 0.4) is 0 Å². The van der Waals surface area contributed by atoms with Gasteiger partial charge in [-0.05, 0) is 99.0 Å². The van der Waals surface area contributed by atoms with Gasteiger partial charge in [0.15, 0.2) is 5.78 Å². The van der Waals surface area contributed by atoms with Crippen LogP contribution in [0.25, 0.3) is 20.7 Å². The van der Waals surface area contributed by atoms with E-state index in [1.165, 1.54) is 16.7 Å². The van der Waals surface area contributed by atoms with Gasteiger partial charge in [-0.1, -0.05) is 41.4 Å². The van der Waals surface area contributed by atoms with E-state index in [2.05, 4.69) is 0 Å². The predicted octanol–water partition coefficient (Wildman–Crippen LogP) is 7.61. The molecule has 54 heavy (non-hydrogen) atoms. The molecule has 5 aromatic rings. The molecular formula is C42H35ClN4O6S. The van der Waals surface area contributed by atoms with Crippen LogP contribution in [0.15, 0.2) is 84.4 Å². The number of halogens is 1. The Labute approximate surface area is 319 Å². The number of benzene rings is 3. The summed E-state index contributed by atoms with van der Waals surface area (Å²) < 4.78 is 2.59.